The topological polar surface area (TPSA) is 46.2 Å². The highest BCUT2D eigenvalue weighted by Gasteiger charge is 2.15. The van der Waals surface area contributed by atoms with Crippen molar-refractivity contribution in [3.05, 3.63) is 48.6 Å². The minimum atomic E-state index is -3.21. The van der Waals surface area contributed by atoms with Gasteiger partial charge in [-0.25, -0.2) is 13.1 Å². The van der Waals surface area contributed by atoms with E-state index in [1.807, 2.05) is 37.3 Å². The molecule has 0 saturated heterocycles. The Balaban J connectivity index is 2.64. The molecule has 0 aliphatic heterocycles. The van der Waals surface area contributed by atoms with E-state index in [0.717, 1.165) is 5.56 Å². The Hall–Kier alpha value is -1.13. The van der Waals surface area contributed by atoms with Crippen molar-refractivity contribution in [2.24, 2.45) is 0 Å². The summed E-state index contributed by atoms with van der Waals surface area (Å²) in [5.74, 6) is 0.0914. The normalized spacial score (nSPS) is 13.3. The number of hydrogen-bond acceptors (Lipinski definition) is 2. The first-order valence-corrected chi connectivity index (χ1v) is 6.83. The summed E-state index contributed by atoms with van der Waals surface area (Å²) in [4.78, 5) is 0. The third kappa shape index (κ3) is 4.16. The van der Waals surface area contributed by atoms with Gasteiger partial charge in [-0.1, -0.05) is 43.3 Å². The lowest BCUT2D eigenvalue weighted by Gasteiger charge is -2.12. The van der Waals surface area contributed by atoms with Crippen LogP contribution in [-0.4, -0.2) is 20.7 Å². The van der Waals surface area contributed by atoms with Crippen LogP contribution in [0.3, 0.4) is 0 Å². The van der Waals surface area contributed by atoms with E-state index in [1.165, 1.54) is 6.08 Å². The number of sulfonamides is 1. The summed E-state index contributed by atoms with van der Waals surface area (Å²) >= 11 is 0. The molecule has 3 nitrogen and oxygen atoms in total. The van der Waals surface area contributed by atoms with Gasteiger partial charge in [-0.3, -0.25) is 0 Å². The van der Waals surface area contributed by atoms with Crippen LogP contribution in [0, 0.1) is 0 Å². The fourth-order valence-corrected chi connectivity index (χ4v) is 2.79. The average molecular weight is 239 g/mol. The Morgan fingerprint density at radius 1 is 1.38 bits per heavy atom. The highest BCUT2D eigenvalue weighted by molar-refractivity contribution is 7.89. The van der Waals surface area contributed by atoms with E-state index in [-0.39, 0.29) is 18.2 Å². The first-order chi connectivity index (χ1) is 7.55. The summed E-state index contributed by atoms with van der Waals surface area (Å²) in [5, 5.41) is 0. The van der Waals surface area contributed by atoms with Crippen molar-refractivity contribution in [3.63, 3.8) is 0 Å². The fraction of sp³-hybridized carbons (Fsp3) is 0.333. The van der Waals surface area contributed by atoms with Gasteiger partial charge in [0.25, 0.3) is 0 Å². The highest BCUT2D eigenvalue weighted by Crippen LogP contribution is 2.15. The zero-order valence-electron chi connectivity index (χ0n) is 9.39. The number of hydrogen-bond donors (Lipinski definition) is 1. The van der Waals surface area contributed by atoms with Gasteiger partial charge < -0.3 is 0 Å². The van der Waals surface area contributed by atoms with Crippen molar-refractivity contribution in [2.45, 2.75) is 12.8 Å². The number of nitrogens with one attached hydrogen (secondary N) is 1. The smallest absolute Gasteiger partial charge is 0.212 e. The van der Waals surface area contributed by atoms with E-state index >= 15 is 0 Å². The van der Waals surface area contributed by atoms with Crippen LogP contribution in [0.2, 0.25) is 0 Å². The molecular formula is C12H17NO2S. The minimum Gasteiger partial charge on any atom is -0.212 e. The van der Waals surface area contributed by atoms with Gasteiger partial charge in [0.05, 0.1) is 5.75 Å². The molecule has 0 aliphatic carbocycles. The molecule has 0 fully saturated rings. The molecule has 1 unspecified atom stereocenters. The van der Waals surface area contributed by atoms with Crippen molar-refractivity contribution in [1.82, 2.24) is 4.72 Å². The van der Waals surface area contributed by atoms with E-state index in [1.54, 1.807) is 0 Å². The largest absolute Gasteiger partial charge is 0.212 e. The van der Waals surface area contributed by atoms with Crippen LogP contribution in [0.5, 0.6) is 0 Å². The molecule has 1 rings (SSSR count). The van der Waals surface area contributed by atoms with Gasteiger partial charge in [0.2, 0.25) is 10.0 Å². The lowest BCUT2D eigenvalue weighted by atomic mass is 10.0. The van der Waals surface area contributed by atoms with E-state index in [9.17, 15) is 8.42 Å². The van der Waals surface area contributed by atoms with Crippen LogP contribution in [0.15, 0.2) is 43.0 Å². The molecular weight excluding hydrogens is 222 g/mol. The van der Waals surface area contributed by atoms with Crippen molar-refractivity contribution in [2.75, 3.05) is 12.3 Å². The quantitative estimate of drug-likeness (QED) is 0.771. The molecule has 0 radical (unpaired) electrons. The molecule has 0 aromatic heterocycles. The SMILES string of the molecule is C=CCNS(=O)(=O)CC(C)c1ccccc1. The van der Waals surface area contributed by atoms with Gasteiger partial charge in [0.15, 0.2) is 0 Å². The molecule has 1 aromatic rings. The van der Waals surface area contributed by atoms with Gasteiger partial charge in [0, 0.05) is 6.54 Å². The summed E-state index contributed by atoms with van der Waals surface area (Å²) in [5.41, 5.74) is 1.03. The van der Waals surface area contributed by atoms with Crippen LogP contribution in [0.1, 0.15) is 18.4 Å². The molecule has 1 aromatic carbocycles. The maximum absolute atomic E-state index is 11.6. The minimum absolute atomic E-state index is 0.0106. The molecule has 0 heterocycles. The van der Waals surface area contributed by atoms with Crippen LogP contribution in [-0.2, 0) is 10.0 Å². The Bertz CT molecular complexity index is 426. The van der Waals surface area contributed by atoms with Crippen molar-refractivity contribution < 1.29 is 8.42 Å². The van der Waals surface area contributed by atoms with E-state index in [0.29, 0.717) is 0 Å². The third-order valence-corrected chi connectivity index (χ3v) is 3.83. The van der Waals surface area contributed by atoms with Crippen LogP contribution in [0.4, 0.5) is 0 Å². The second-order valence-electron chi connectivity index (χ2n) is 3.73. The monoisotopic (exact) mass is 239 g/mol. The van der Waals surface area contributed by atoms with Gasteiger partial charge in [-0.15, -0.1) is 6.58 Å². The Kier molecular flexibility index (Phi) is 4.71. The van der Waals surface area contributed by atoms with Gasteiger partial charge >= 0.3 is 0 Å². The Morgan fingerprint density at radius 3 is 2.56 bits per heavy atom. The lowest BCUT2D eigenvalue weighted by Crippen LogP contribution is -2.28. The molecule has 0 saturated carbocycles. The van der Waals surface area contributed by atoms with Gasteiger partial charge in [-0.2, -0.15) is 0 Å². The molecule has 88 valence electrons. The lowest BCUT2D eigenvalue weighted by molar-refractivity contribution is 0.580. The molecule has 4 heteroatoms. The molecule has 0 spiro atoms. The highest BCUT2D eigenvalue weighted by atomic mass is 32.2. The summed E-state index contributed by atoms with van der Waals surface area (Å²) in [7, 11) is -3.21. The molecule has 0 aliphatic rings. The predicted octanol–water partition coefficient (Wildman–Crippen LogP) is 1.90. The van der Waals surface area contributed by atoms with Crippen molar-refractivity contribution >= 4 is 10.0 Å². The zero-order valence-corrected chi connectivity index (χ0v) is 10.2. The van der Waals surface area contributed by atoms with Gasteiger partial charge in [0.1, 0.15) is 0 Å². The second kappa shape index (κ2) is 5.82. The van der Waals surface area contributed by atoms with E-state index in [2.05, 4.69) is 11.3 Å². The van der Waals surface area contributed by atoms with Crippen LogP contribution < -0.4 is 4.72 Å². The van der Waals surface area contributed by atoms with Crippen LogP contribution >= 0.6 is 0 Å². The molecule has 16 heavy (non-hydrogen) atoms. The summed E-state index contributed by atoms with van der Waals surface area (Å²) in [6.07, 6.45) is 1.53. The molecule has 1 N–H and O–H groups in total. The predicted molar refractivity (Wildman–Crippen MR) is 66.8 cm³/mol. The second-order valence-corrected chi connectivity index (χ2v) is 5.58. The van der Waals surface area contributed by atoms with E-state index < -0.39 is 10.0 Å². The molecule has 0 amide bonds. The van der Waals surface area contributed by atoms with Crippen molar-refractivity contribution in [3.8, 4) is 0 Å². The fourth-order valence-electron chi connectivity index (χ4n) is 1.45. The molecule has 0 bridgehead atoms. The third-order valence-electron chi connectivity index (χ3n) is 2.29. The summed E-state index contributed by atoms with van der Waals surface area (Å²) < 4.78 is 25.7. The molecule has 1 atom stereocenters. The number of benzene rings is 1. The maximum Gasteiger partial charge on any atom is 0.212 e. The average Bonchev–Trinajstić information content (AvgIpc) is 2.27. The first kappa shape index (κ1) is 12.9. The summed E-state index contributed by atoms with van der Waals surface area (Å²) in [6.45, 7) is 5.66. The Morgan fingerprint density at radius 2 is 2.00 bits per heavy atom. The van der Waals surface area contributed by atoms with Crippen molar-refractivity contribution in [1.29, 1.82) is 0 Å². The zero-order chi connectivity index (χ0) is 12.0. The summed E-state index contributed by atoms with van der Waals surface area (Å²) in [6, 6.07) is 9.62. The van der Waals surface area contributed by atoms with Gasteiger partial charge in [-0.05, 0) is 11.5 Å². The first-order valence-electron chi connectivity index (χ1n) is 5.18. The number of rotatable bonds is 6. The standard InChI is InChI=1S/C12H17NO2S/c1-3-9-13-16(14,15)10-11(2)12-7-5-4-6-8-12/h3-8,11,13H,1,9-10H2,2H3. The maximum atomic E-state index is 11.6. The Labute approximate surface area is 97.2 Å². The van der Waals surface area contributed by atoms with E-state index in [4.69, 9.17) is 0 Å². The van der Waals surface area contributed by atoms with Crippen LogP contribution in [0.25, 0.3) is 0 Å².